The van der Waals surface area contributed by atoms with Crippen molar-refractivity contribution in [3.8, 4) is 5.75 Å². The predicted molar refractivity (Wildman–Crippen MR) is 73.9 cm³/mol. The largest absolute Gasteiger partial charge is 0.496 e. The number of methoxy groups -OCH3 is 1. The van der Waals surface area contributed by atoms with Crippen molar-refractivity contribution in [1.82, 2.24) is 5.32 Å². The Bertz CT molecular complexity index is 365. The SMILES string of the molecule is C=CCC(NCCC)c1ccc(Cl)cc1OC. The van der Waals surface area contributed by atoms with Crippen molar-refractivity contribution in [2.75, 3.05) is 13.7 Å². The third kappa shape index (κ3) is 4.06. The van der Waals surface area contributed by atoms with Gasteiger partial charge in [-0.05, 0) is 31.5 Å². The molecule has 0 radical (unpaired) electrons. The average Bonchev–Trinajstić information content (AvgIpc) is 2.34. The van der Waals surface area contributed by atoms with Crippen LogP contribution < -0.4 is 10.1 Å². The Morgan fingerprint density at radius 1 is 1.53 bits per heavy atom. The molecule has 1 unspecified atom stereocenters. The normalized spacial score (nSPS) is 12.2. The fourth-order valence-corrected chi connectivity index (χ4v) is 1.94. The molecule has 1 aromatic rings. The molecular formula is C14H20ClNO. The van der Waals surface area contributed by atoms with Crippen LogP contribution in [0.3, 0.4) is 0 Å². The lowest BCUT2D eigenvalue weighted by molar-refractivity contribution is 0.399. The molecule has 0 aliphatic heterocycles. The van der Waals surface area contributed by atoms with Crippen LogP contribution in [0, 0.1) is 0 Å². The number of benzene rings is 1. The molecule has 1 rings (SSSR count). The van der Waals surface area contributed by atoms with E-state index in [1.165, 1.54) is 0 Å². The first-order chi connectivity index (χ1) is 8.22. The van der Waals surface area contributed by atoms with Crippen molar-refractivity contribution in [2.45, 2.75) is 25.8 Å². The molecule has 0 aliphatic rings. The lowest BCUT2D eigenvalue weighted by Gasteiger charge is -2.20. The number of ether oxygens (including phenoxy) is 1. The van der Waals surface area contributed by atoms with Gasteiger partial charge in [0.1, 0.15) is 5.75 Å². The zero-order valence-electron chi connectivity index (χ0n) is 10.5. The Kier molecular flexibility index (Phi) is 6.09. The van der Waals surface area contributed by atoms with Gasteiger partial charge in [0.2, 0.25) is 0 Å². The summed E-state index contributed by atoms with van der Waals surface area (Å²) >= 11 is 5.96. The second-order valence-electron chi connectivity index (χ2n) is 3.92. The van der Waals surface area contributed by atoms with Gasteiger partial charge in [0.15, 0.2) is 0 Å². The molecule has 1 atom stereocenters. The first-order valence-electron chi connectivity index (χ1n) is 5.90. The quantitative estimate of drug-likeness (QED) is 0.743. The van der Waals surface area contributed by atoms with Gasteiger partial charge < -0.3 is 10.1 Å². The molecule has 1 aromatic carbocycles. The molecule has 94 valence electrons. The van der Waals surface area contributed by atoms with Gasteiger partial charge in [-0.15, -0.1) is 6.58 Å². The molecule has 0 saturated carbocycles. The van der Waals surface area contributed by atoms with E-state index in [2.05, 4.69) is 18.8 Å². The highest BCUT2D eigenvalue weighted by molar-refractivity contribution is 6.30. The summed E-state index contributed by atoms with van der Waals surface area (Å²) in [5.41, 5.74) is 1.13. The van der Waals surface area contributed by atoms with Crippen LogP contribution in [-0.4, -0.2) is 13.7 Å². The zero-order chi connectivity index (χ0) is 12.7. The first-order valence-corrected chi connectivity index (χ1v) is 6.28. The third-order valence-electron chi connectivity index (χ3n) is 2.61. The molecule has 0 spiro atoms. The summed E-state index contributed by atoms with van der Waals surface area (Å²) in [4.78, 5) is 0. The molecular weight excluding hydrogens is 234 g/mol. The summed E-state index contributed by atoms with van der Waals surface area (Å²) in [5.74, 6) is 0.827. The van der Waals surface area contributed by atoms with Crippen molar-refractivity contribution < 1.29 is 4.74 Å². The molecule has 0 fully saturated rings. The standard InChI is InChI=1S/C14H20ClNO/c1-4-6-13(16-9-5-2)12-8-7-11(15)10-14(12)17-3/h4,7-8,10,13,16H,1,5-6,9H2,2-3H3. The minimum absolute atomic E-state index is 0.236. The molecule has 1 N–H and O–H groups in total. The molecule has 3 heteroatoms. The van der Waals surface area contributed by atoms with Gasteiger partial charge in [-0.3, -0.25) is 0 Å². The summed E-state index contributed by atoms with van der Waals surface area (Å²) in [6.07, 6.45) is 3.89. The second kappa shape index (κ2) is 7.36. The molecule has 0 aromatic heterocycles. The Hall–Kier alpha value is -0.990. The number of hydrogen-bond donors (Lipinski definition) is 1. The van der Waals surface area contributed by atoms with Crippen molar-refractivity contribution in [3.63, 3.8) is 0 Å². The van der Waals surface area contributed by atoms with Crippen molar-refractivity contribution >= 4 is 11.6 Å². The highest BCUT2D eigenvalue weighted by Crippen LogP contribution is 2.30. The van der Waals surface area contributed by atoms with Crippen LogP contribution in [0.5, 0.6) is 5.75 Å². The van der Waals surface area contributed by atoms with E-state index < -0.39 is 0 Å². The molecule has 0 amide bonds. The van der Waals surface area contributed by atoms with Crippen LogP contribution >= 0.6 is 11.6 Å². The smallest absolute Gasteiger partial charge is 0.125 e. The van der Waals surface area contributed by atoms with Gasteiger partial charge in [-0.25, -0.2) is 0 Å². The molecule has 2 nitrogen and oxygen atoms in total. The van der Waals surface area contributed by atoms with Crippen LogP contribution in [0.1, 0.15) is 31.4 Å². The fraction of sp³-hybridized carbons (Fsp3) is 0.429. The minimum Gasteiger partial charge on any atom is -0.496 e. The van der Waals surface area contributed by atoms with Crippen LogP contribution in [0.25, 0.3) is 0 Å². The molecule has 17 heavy (non-hydrogen) atoms. The van der Waals surface area contributed by atoms with Crippen LogP contribution in [-0.2, 0) is 0 Å². The Balaban J connectivity index is 2.95. The highest BCUT2D eigenvalue weighted by atomic mass is 35.5. The Morgan fingerprint density at radius 3 is 2.88 bits per heavy atom. The van der Waals surface area contributed by atoms with Gasteiger partial charge in [0.25, 0.3) is 0 Å². The number of halogens is 1. The van der Waals surface area contributed by atoms with E-state index in [1.54, 1.807) is 7.11 Å². The minimum atomic E-state index is 0.236. The maximum atomic E-state index is 5.96. The highest BCUT2D eigenvalue weighted by Gasteiger charge is 2.14. The zero-order valence-corrected chi connectivity index (χ0v) is 11.3. The predicted octanol–water partition coefficient (Wildman–Crippen LogP) is 3.97. The summed E-state index contributed by atoms with van der Waals surface area (Å²) in [6, 6.07) is 5.99. The molecule has 0 bridgehead atoms. The number of nitrogens with one attached hydrogen (secondary N) is 1. The van der Waals surface area contributed by atoms with E-state index in [9.17, 15) is 0 Å². The van der Waals surface area contributed by atoms with Crippen molar-refractivity contribution in [3.05, 3.63) is 41.4 Å². The molecule has 0 aliphatic carbocycles. The van der Waals surface area contributed by atoms with Gasteiger partial charge >= 0.3 is 0 Å². The molecule has 0 saturated heterocycles. The van der Waals surface area contributed by atoms with Gasteiger partial charge in [0, 0.05) is 16.6 Å². The van der Waals surface area contributed by atoms with Crippen molar-refractivity contribution in [1.29, 1.82) is 0 Å². The van der Waals surface area contributed by atoms with Gasteiger partial charge in [-0.2, -0.15) is 0 Å². The number of rotatable bonds is 7. The monoisotopic (exact) mass is 253 g/mol. The lowest BCUT2D eigenvalue weighted by Crippen LogP contribution is -2.22. The maximum absolute atomic E-state index is 5.96. The fourth-order valence-electron chi connectivity index (χ4n) is 1.78. The maximum Gasteiger partial charge on any atom is 0.125 e. The summed E-state index contributed by atoms with van der Waals surface area (Å²) in [5, 5.41) is 4.18. The number of hydrogen-bond acceptors (Lipinski definition) is 2. The Morgan fingerprint density at radius 2 is 2.29 bits per heavy atom. The third-order valence-corrected chi connectivity index (χ3v) is 2.85. The van der Waals surface area contributed by atoms with E-state index in [-0.39, 0.29) is 6.04 Å². The van der Waals surface area contributed by atoms with Crippen LogP contribution in [0.4, 0.5) is 0 Å². The first kappa shape index (κ1) is 14.1. The summed E-state index contributed by atoms with van der Waals surface area (Å²) < 4.78 is 5.37. The average molecular weight is 254 g/mol. The Labute approximate surface area is 109 Å². The van der Waals surface area contributed by atoms with E-state index in [0.29, 0.717) is 5.02 Å². The van der Waals surface area contributed by atoms with E-state index in [0.717, 1.165) is 30.7 Å². The summed E-state index contributed by atoms with van der Waals surface area (Å²) in [7, 11) is 1.67. The van der Waals surface area contributed by atoms with Gasteiger partial charge in [-0.1, -0.05) is 30.7 Å². The van der Waals surface area contributed by atoms with E-state index in [1.807, 2.05) is 24.3 Å². The lowest BCUT2D eigenvalue weighted by atomic mass is 10.0. The molecule has 0 heterocycles. The topological polar surface area (TPSA) is 21.3 Å². The van der Waals surface area contributed by atoms with Crippen LogP contribution in [0.2, 0.25) is 5.02 Å². The van der Waals surface area contributed by atoms with E-state index in [4.69, 9.17) is 16.3 Å². The van der Waals surface area contributed by atoms with E-state index >= 15 is 0 Å². The second-order valence-corrected chi connectivity index (χ2v) is 4.35. The summed E-state index contributed by atoms with van der Waals surface area (Å²) in [6.45, 7) is 6.93. The van der Waals surface area contributed by atoms with Gasteiger partial charge in [0.05, 0.1) is 7.11 Å². The van der Waals surface area contributed by atoms with Crippen LogP contribution in [0.15, 0.2) is 30.9 Å². The van der Waals surface area contributed by atoms with Crippen molar-refractivity contribution in [2.24, 2.45) is 0 Å².